The summed E-state index contributed by atoms with van der Waals surface area (Å²) in [6.07, 6.45) is 4.06. The monoisotopic (exact) mass is 246 g/mol. The molecule has 3 rings (SSSR count). The van der Waals surface area contributed by atoms with E-state index in [-0.39, 0.29) is 0 Å². The molecule has 18 heavy (non-hydrogen) atoms. The number of hydrogen-bond acceptors (Lipinski definition) is 3. The first-order chi connectivity index (χ1) is 8.90. The summed E-state index contributed by atoms with van der Waals surface area (Å²) in [7, 11) is 0. The van der Waals surface area contributed by atoms with Gasteiger partial charge in [-0.3, -0.25) is 4.90 Å². The molecule has 0 bridgehead atoms. The highest BCUT2D eigenvalue weighted by Gasteiger charge is 2.28. The summed E-state index contributed by atoms with van der Waals surface area (Å²) in [5.74, 6) is 0.976. The van der Waals surface area contributed by atoms with E-state index in [0.29, 0.717) is 6.04 Å². The maximum Gasteiger partial charge on any atom is 0.119 e. The summed E-state index contributed by atoms with van der Waals surface area (Å²) in [5.41, 5.74) is 0. The third-order valence-electron chi connectivity index (χ3n) is 3.74. The Hall–Kier alpha value is -1.06. The summed E-state index contributed by atoms with van der Waals surface area (Å²) in [6, 6.07) is 11.6. The summed E-state index contributed by atoms with van der Waals surface area (Å²) >= 11 is 0. The van der Waals surface area contributed by atoms with Gasteiger partial charge in [0, 0.05) is 25.2 Å². The Labute approximate surface area is 109 Å². The highest BCUT2D eigenvalue weighted by molar-refractivity contribution is 5.20. The first-order valence-corrected chi connectivity index (χ1v) is 7.06. The lowest BCUT2D eigenvalue weighted by molar-refractivity contribution is 0.234. The summed E-state index contributed by atoms with van der Waals surface area (Å²) in [6.45, 7) is 4.23. The van der Waals surface area contributed by atoms with Crippen LogP contribution >= 0.6 is 0 Å². The molecule has 0 spiro atoms. The Morgan fingerprint density at radius 2 is 1.94 bits per heavy atom. The molecular formula is C15H22N2O. The number of likely N-dealkylation sites (tertiary alicyclic amines) is 1. The van der Waals surface area contributed by atoms with Crippen LogP contribution in [0.25, 0.3) is 0 Å². The minimum Gasteiger partial charge on any atom is -0.492 e. The maximum atomic E-state index is 5.73. The predicted molar refractivity (Wildman–Crippen MR) is 72.9 cm³/mol. The first kappa shape index (κ1) is 12.0. The third kappa shape index (κ3) is 3.47. The second-order valence-corrected chi connectivity index (χ2v) is 5.39. The SMILES string of the molecule is c1ccc(OCCN2CCC(NC3CC3)C2)cc1. The topological polar surface area (TPSA) is 24.5 Å². The maximum absolute atomic E-state index is 5.73. The molecule has 0 amide bonds. The number of ether oxygens (including phenoxy) is 1. The Kier molecular flexibility index (Phi) is 3.81. The van der Waals surface area contributed by atoms with E-state index in [1.807, 2.05) is 30.3 Å². The number of rotatable bonds is 6. The van der Waals surface area contributed by atoms with Crippen LogP contribution in [0.4, 0.5) is 0 Å². The van der Waals surface area contributed by atoms with Gasteiger partial charge < -0.3 is 10.1 Å². The predicted octanol–water partition coefficient (Wildman–Crippen LogP) is 1.89. The molecule has 1 aromatic rings. The minimum atomic E-state index is 0.717. The average molecular weight is 246 g/mol. The molecule has 3 nitrogen and oxygen atoms in total. The molecule has 1 aromatic carbocycles. The smallest absolute Gasteiger partial charge is 0.119 e. The van der Waals surface area contributed by atoms with Gasteiger partial charge in [-0.15, -0.1) is 0 Å². The molecule has 1 heterocycles. The van der Waals surface area contributed by atoms with Gasteiger partial charge in [-0.05, 0) is 37.9 Å². The molecule has 1 saturated heterocycles. The quantitative estimate of drug-likeness (QED) is 0.829. The molecular weight excluding hydrogens is 224 g/mol. The van der Waals surface area contributed by atoms with E-state index in [1.54, 1.807) is 0 Å². The van der Waals surface area contributed by atoms with E-state index >= 15 is 0 Å². The first-order valence-electron chi connectivity index (χ1n) is 7.06. The molecule has 98 valence electrons. The van der Waals surface area contributed by atoms with Crippen molar-refractivity contribution < 1.29 is 4.74 Å². The van der Waals surface area contributed by atoms with Crippen molar-refractivity contribution in [2.75, 3.05) is 26.2 Å². The van der Waals surface area contributed by atoms with Crippen molar-refractivity contribution in [3.05, 3.63) is 30.3 Å². The lowest BCUT2D eigenvalue weighted by Gasteiger charge is -2.16. The van der Waals surface area contributed by atoms with Gasteiger partial charge in [0.05, 0.1) is 0 Å². The molecule has 0 radical (unpaired) electrons. The van der Waals surface area contributed by atoms with E-state index in [0.717, 1.165) is 24.9 Å². The number of para-hydroxylation sites is 1. The summed E-state index contributed by atoms with van der Waals surface area (Å²) in [5, 5.41) is 3.71. The van der Waals surface area contributed by atoms with Gasteiger partial charge >= 0.3 is 0 Å². The molecule has 2 fully saturated rings. The lowest BCUT2D eigenvalue weighted by atomic mass is 10.2. The second kappa shape index (κ2) is 5.72. The molecule has 1 saturated carbocycles. The van der Waals surface area contributed by atoms with Crippen molar-refractivity contribution in [1.82, 2.24) is 10.2 Å². The van der Waals surface area contributed by atoms with Crippen LogP contribution in [0, 0.1) is 0 Å². The van der Waals surface area contributed by atoms with E-state index < -0.39 is 0 Å². The Bertz CT molecular complexity index is 364. The van der Waals surface area contributed by atoms with Gasteiger partial charge in [-0.25, -0.2) is 0 Å². The van der Waals surface area contributed by atoms with Crippen LogP contribution in [-0.4, -0.2) is 43.2 Å². The van der Waals surface area contributed by atoms with Gasteiger partial charge in [0.1, 0.15) is 12.4 Å². The zero-order valence-corrected chi connectivity index (χ0v) is 10.8. The highest BCUT2D eigenvalue weighted by Crippen LogP contribution is 2.21. The molecule has 1 aliphatic carbocycles. The fourth-order valence-electron chi connectivity index (χ4n) is 2.56. The average Bonchev–Trinajstić information content (AvgIpc) is 3.10. The minimum absolute atomic E-state index is 0.717. The molecule has 1 N–H and O–H groups in total. The number of nitrogens with zero attached hydrogens (tertiary/aromatic N) is 1. The van der Waals surface area contributed by atoms with Crippen molar-refractivity contribution in [1.29, 1.82) is 0 Å². The van der Waals surface area contributed by atoms with Gasteiger partial charge in [0.2, 0.25) is 0 Å². The van der Waals surface area contributed by atoms with Crippen LogP contribution in [0.1, 0.15) is 19.3 Å². The Morgan fingerprint density at radius 3 is 2.72 bits per heavy atom. The standard InChI is InChI=1S/C15H22N2O/c1-2-4-15(5-3-1)18-11-10-17-9-8-14(12-17)16-13-6-7-13/h1-5,13-14,16H,6-12H2. The molecule has 1 unspecified atom stereocenters. The van der Waals surface area contributed by atoms with Crippen LogP contribution in [0.3, 0.4) is 0 Å². The largest absolute Gasteiger partial charge is 0.492 e. The number of hydrogen-bond donors (Lipinski definition) is 1. The Balaban J connectivity index is 1.34. The number of benzene rings is 1. The van der Waals surface area contributed by atoms with Crippen molar-refractivity contribution >= 4 is 0 Å². The van der Waals surface area contributed by atoms with Crippen molar-refractivity contribution in [2.24, 2.45) is 0 Å². The van der Waals surface area contributed by atoms with Crippen molar-refractivity contribution in [2.45, 2.75) is 31.3 Å². The Morgan fingerprint density at radius 1 is 1.11 bits per heavy atom. The molecule has 1 atom stereocenters. The van der Waals surface area contributed by atoms with Gasteiger partial charge in [-0.2, -0.15) is 0 Å². The van der Waals surface area contributed by atoms with Crippen molar-refractivity contribution in [3.8, 4) is 5.75 Å². The molecule has 1 aliphatic heterocycles. The van der Waals surface area contributed by atoms with Crippen LogP contribution in [0.5, 0.6) is 5.75 Å². The highest BCUT2D eigenvalue weighted by atomic mass is 16.5. The molecule has 0 aromatic heterocycles. The summed E-state index contributed by atoms with van der Waals surface area (Å²) < 4.78 is 5.73. The normalized spacial score (nSPS) is 24.3. The zero-order chi connectivity index (χ0) is 12.2. The van der Waals surface area contributed by atoms with Gasteiger partial charge in [-0.1, -0.05) is 18.2 Å². The number of nitrogens with one attached hydrogen (secondary N) is 1. The van der Waals surface area contributed by atoms with Crippen LogP contribution in [0.15, 0.2) is 30.3 Å². The van der Waals surface area contributed by atoms with E-state index in [9.17, 15) is 0 Å². The van der Waals surface area contributed by atoms with E-state index in [2.05, 4.69) is 10.2 Å². The van der Waals surface area contributed by atoms with Crippen LogP contribution in [0.2, 0.25) is 0 Å². The van der Waals surface area contributed by atoms with Crippen LogP contribution in [-0.2, 0) is 0 Å². The lowest BCUT2D eigenvalue weighted by Crippen LogP contribution is -2.35. The van der Waals surface area contributed by atoms with Crippen LogP contribution < -0.4 is 10.1 Å². The molecule has 3 heteroatoms. The fourth-order valence-corrected chi connectivity index (χ4v) is 2.56. The van der Waals surface area contributed by atoms with Gasteiger partial charge in [0.15, 0.2) is 0 Å². The fraction of sp³-hybridized carbons (Fsp3) is 0.600. The third-order valence-corrected chi connectivity index (χ3v) is 3.74. The second-order valence-electron chi connectivity index (χ2n) is 5.39. The van der Waals surface area contributed by atoms with E-state index in [4.69, 9.17) is 4.74 Å². The zero-order valence-electron chi connectivity index (χ0n) is 10.8. The summed E-state index contributed by atoms with van der Waals surface area (Å²) in [4.78, 5) is 2.50. The molecule has 2 aliphatic rings. The van der Waals surface area contributed by atoms with Gasteiger partial charge in [0.25, 0.3) is 0 Å². The van der Waals surface area contributed by atoms with E-state index in [1.165, 1.54) is 32.4 Å². The van der Waals surface area contributed by atoms with Crippen molar-refractivity contribution in [3.63, 3.8) is 0 Å².